The lowest BCUT2D eigenvalue weighted by Crippen LogP contribution is -2.52. The summed E-state index contributed by atoms with van der Waals surface area (Å²) < 4.78 is 0. The number of nitrogens with one attached hydrogen (secondary N) is 1. The summed E-state index contributed by atoms with van der Waals surface area (Å²) in [7, 11) is 0. The molecule has 3 amide bonds. The highest BCUT2D eigenvalue weighted by atomic mass is 16.2. The zero-order chi connectivity index (χ0) is 23.7. The second-order valence-electron chi connectivity index (χ2n) is 9.28. The summed E-state index contributed by atoms with van der Waals surface area (Å²) in [5, 5.41) is 1.20. The summed E-state index contributed by atoms with van der Waals surface area (Å²) in [6.07, 6.45) is 0.136. The van der Waals surface area contributed by atoms with Crippen molar-refractivity contribution in [3.63, 3.8) is 0 Å². The molecule has 3 aliphatic heterocycles. The normalized spacial score (nSPS) is 18.4. The van der Waals surface area contributed by atoms with Crippen molar-refractivity contribution in [2.75, 3.05) is 18.0 Å². The second-order valence-corrected chi connectivity index (χ2v) is 9.28. The van der Waals surface area contributed by atoms with Gasteiger partial charge < -0.3 is 14.8 Å². The van der Waals surface area contributed by atoms with E-state index in [-0.39, 0.29) is 24.3 Å². The van der Waals surface area contributed by atoms with Crippen LogP contribution in [0, 0.1) is 0 Å². The molecular formula is C28H22N4O3. The van der Waals surface area contributed by atoms with E-state index in [2.05, 4.69) is 11.1 Å². The van der Waals surface area contributed by atoms with Crippen LogP contribution in [0.15, 0.2) is 72.8 Å². The summed E-state index contributed by atoms with van der Waals surface area (Å²) >= 11 is 0. The molecule has 4 aromatic rings. The van der Waals surface area contributed by atoms with Gasteiger partial charge in [-0.15, -0.1) is 0 Å². The van der Waals surface area contributed by atoms with E-state index in [9.17, 15) is 14.4 Å². The molecule has 0 saturated heterocycles. The number of amides is 3. The first-order chi connectivity index (χ1) is 17.1. The number of hydrogen-bond donors (Lipinski definition) is 1. The van der Waals surface area contributed by atoms with Gasteiger partial charge in [-0.3, -0.25) is 19.3 Å². The lowest BCUT2D eigenvalue weighted by Gasteiger charge is -2.41. The number of rotatable bonds is 2. The predicted octanol–water partition coefficient (Wildman–Crippen LogP) is 3.87. The molecule has 0 spiro atoms. The summed E-state index contributed by atoms with van der Waals surface area (Å²) in [5.74, 6) is -0.509. The molecule has 35 heavy (non-hydrogen) atoms. The minimum absolute atomic E-state index is 0.0918. The van der Waals surface area contributed by atoms with Gasteiger partial charge in [-0.05, 0) is 36.2 Å². The summed E-state index contributed by atoms with van der Waals surface area (Å²) in [5.41, 5.74) is 5.73. The number of nitrogens with zero attached hydrogens (tertiary/aromatic N) is 3. The minimum atomic E-state index is -0.626. The van der Waals surface area contributed by atoms with E-state index >= 15 is 0 Å². The molecule has 0 fully saturated rings. The Morgan fingerprint density at radius 2 is 1.63 bits per heavy atom. The van der Waals surface area contributed by atoms with E-state index in [1.54, 1.807) is 39.0 Å². The Kier molecular flexibility index (Phi) is 4.18. The Balaban J connectivity index is 1.23. The smallest absolute Gasteiger partial charge is 0.260 e. The third-order valence-electron chi connectivity index (χ3n) is 7.42. The first kappa shape index (κ1) is 20.0. The zero-order valence-electron chi connectivity index (χ0n) is 18.9. The monoisotopic (exact) mass is 462 g/mol. The third kappa shape index (κ3) is 2.81. The van der Waals surface area contributed by atoms with Crippen molar-refractivity contribution in [1.29, 1.82) is 0 Å². The maximum Gasteiger partial charge on any atom is 0.260 e. The van der Waals surface area contributed by atoms with Crippen molar-refractivity contribution >= 4 is 34.3 Å². The van der Waals surface area contributed by atoms with Crippen molar-refractivity contribution in [3.05, 3.63) is 101 Å². The van der Waals surface area contributed by atoms with Gasteiger partial charge in [-0.25, -0.2) is 0 Å². The maximum atomic E-state index is 13.6. The summed E-state index contributed by atoms with van der Waals surface area (Å²) in [6.45, 7) is 0.979. The van der Waals surface area contributed by atoms with Gasteiger partial charge >= 0.3 is 0 Å². The number of fused-ring (bicyclic) bond motifs is 8. The molecule has 4 heterocycles. The van der Waals surface area contributed by atoms with Crippen LogP contribution < -0.4 is 4.90 Å². The number of hydrogen-bond acceptors (Lipinski definition) is 3. The molecule has 3 aromatic carbocycles. The fourth-order valence-electron chi connectivity index (χ4n) is 5.79. The van der Waals surface area contributed by atoms with Crippen LogP contribution >= 0.6 is 0 Å². The Morgan fingerprint density at radius 3 is 2.51 bits per heavy atom. The molecule has 0 unspecified atom stereocenters. The van der Waals surface area contributed by atoms with Crippen molar-refractivity contribution in [2.45, 2.75) is 19.1 Å². The van der Waals surface area contributed by atoms with Crippen LogP contribution in [-0.4, -0.2) is 45.6 Å². The number of anilines is 1. The Labute approximate surface area is 201 Å². The molecule has 0 radical (unpaired) electrons. The molecule has 1 atom stereocenters. The van der Waals surface area contributed by atoms with Gasteiger partial charge in [0.15, 0.2) is 0 Å². The molecule has 7 heteroatoms. The van der Waals surface area contributed by atoms with Gasteiger partial charge in [0.05, 0.1) is 17.8 Å². The summed E-state index contributed by atoms with van der Waals surface area (Å²) in [6, 6.07) is 22.6. The average molecular weight is 463 g/mol. The molecule has 1 N–H and O–H groups in total. The molecule has 0 aliphatic carbocycles. The molecule has 3 aliphatic rings. The SMILES string of the molecule is O=C(CN1C(=O)c2ccccc2N2C(=O)c3ccccc3[C@H]12)N1CCc2c([nH]c3ccccc23)C1. The Morgan fingerprint density at radius 1 is 0.886 bits per heavy atom. The van der Waals surface area contributed by atoms with E-state index in [1.165, 1.54) is 10.9 Å². The number of carbonyl (C=O) groups excluding carboxylic acids is 3. The van der Waals surface area contributed by atoms with Crippen LogP contribution in [0.3, 0.4) is 0 Å². The van der Waals surface area contributed by atoms with Crippen LogP contribution in [0.2, 0.25) is 0 Å². The Bertz CT molecular complexity index is 1550. The largest absolute Gasteiger partial charge is 0.357 e. The fraction of sp³-hybridized carbons (Fsp3) is 0.179. The van der Waals surface area contributed by atoms with Crippen LogP contribution in [0.4, 0.5) is 5.69 Å². The highest BCUT2D eigenvalue weighted by molar-refractivity contribution is 6.17. The number of para-hydroxylation sites is 2. The minimum Gasteiger partial charge on any atom is -0.357 e. The molecule has 1 aromatic heterocycles. The zero-order valence-corrected chi connectivity index (χ0v) is 18.9. The average Bonchev–Trinajstić information content (AvgIpc) is 3.41. The first-order valence-corrected chi connectivity index (χ1v) is 11.8. The van der Waals surface area contributed by atoms with E-state index in [0.717, 1.165) is 23.2 Å². The molecule has 0 saturated carbocycles. The first-order valence-electron chi connectivity index (χ1n) is 11.8. The van der Waals surface area contributed by atoms with E-state index in [0.29, 0.717) is 29.9 Å². The number of carbonyl (C=O) groups is 3. The van der Waals surface area contributed by atoms with Gasteiger partial charge in [0.25, 0.3) is 11.8 Å². The van der Waals surface area contributed by atoms with Gasteiger partial charge in [0, 0.05) is 34.3 Å². The predicted molar refractivity (Wildman–Crippen MR) is 131 cm³/mol. The molecule has 0 bridgehead atoms. The highest BCUT2D eigenvalue weighted by Crippen LogP contribution is 2.45. The lowest BCUT2D eigenvalue weighted by molar-refractivity contribution is -0.133. The molecular weight excluding hydrogens is 440 g/mol. The lowest BCUT2D eigenvalue weighted by atomic mass is 10.0. The Hall–Kier alpha value is -4.39. The topological polar surface area (TPSA) is 76.7 Å². The van der Waals surface area contributed by atoms with Crippen LogP contribution in [-0.2, 0) is 17.8 Å². The van der Waals surface area contributed by atoms with E-state index in [1.807, 2.05) is 42.5 Å². The van der Waals surface area contributed by atoms with Crippen molar-refractivity contribution < 1.29 is 14.4 Å². The van der Waals surface area contributed by atoms with E-state index < -0.39 is 6.17 Å². The maximum absolute atomic E-state index is 13.6. The number of H-pyrrole nitrogens is 1. The van der Waals surface area contributed by atoms with Gasteiger partial charge in [0.1, 0.15) is 12.7 Å². The number of aromatic amines is 1. The van der Waals surface area contributed by atoms with Gasteiger partial charge in [0.2, 0.25) is 5.91 Å². The fourth-order valence-corrected chi connectivity index (χ4v) is 5.79. The number of benzene rings is 3. The highest BCUT2D eigenvalue weighted by Gasteiger charge is 2.48. The molecule has 7 rings (SSSR count). The third-order valence-corrected chi connectivity index (χ3v) is 7.42. The van der Waals surface area contributed by atoms with Crippen molar-refractivity contribution in [3.8, 4) is 0 Å². The van der Waals surface area contributed by atoms with Gasteiger partial charge in [-0.2, -0.15) is 0 Å². The van der Waals surface area contributed by atoms with Crippen molar-refractivity contribution in [2.24, 2.45) is 0 Å². The molecule has 7 nitrogen and oxygen atoms in total. The van der Waals surface area contributed by atoms with Crippen LogP contribution in [0.1, 0.15) is 43.7 Å². The quantitative estimate of drug-likeness (QED) is 0.491. The number of aromatic nitrogens is 1. The standard InChI is InChI=1S/C28H22N4O3/c33-25(30-14-13-18-17-7-3-5-11-22(17)29-23(18)15-30)16-31-26-19-8-1-2-9-20(19)28(35)32(26)24-12-6-4-10-21(24)27(31)34/h1-12,26,29H,13-16H2/t26-/m1/s1. The van der Waals surface area contributed by atoms with Gasteiger partial charge in [-0.1, -0.05) is 48.5 Å². The van der Waals surface area contributed by atoms with Crippen molar-refractivity contribution in [1.82, 2.24) is 14.8 Å². The molecule has 172 valence electrons. The second kappa shape index (κ2) is 7.30. The van der Waals surface area contributed by atoms with Crippen LogP contribution in [0.5, 0.6) is 0 Å². The summed E-state index contributed by atoms with van der Waals surface area (Å²) in [4.78, 5) is 49.0. The van der Waals surface area contributed by atoms with E-state index in [4.69, 9.17) is 0 Å². The van der Waals surface area contributed by atoms with Crippen LogP contribution in [0.25, 0.3) is 10.9 Å².